The molecule has 0 unspecified atom stereocenters. The average Bonchev–Trinajstić information content (AvgIpc) is 3.38. The number of hydrogen-bond donors (Lipinski definition) is 0. The SMILES string of the molecule is C/C=C\c1ccc(CN(c2cc(OC)cc(OC)c2)c2ccc3ncc(-c4cnn(C)c4)nc3c2)cc1. The lowest BCUT2D eigenvalue weighted by Gasteiger charge is -2.26. The summed E-state index contributed by atoms with van der Waals surface area (Å²) < 4.78 is 12.9. The maximum atomic E-state index is 5.57. The molecule has 186 valence electrons. The van der Waals surface area contributed by atoms with Crippen LogP contribution in [0.1, 0.15) is 18.1 Å². The Morgan fingerprint density at radius 2 is 1.62 bits per heavy atom. The smallest absolute Gasteiger partial charge is 0.124 e. The molecule has 2 aromatic heterocycles. The predicted molar refractivity (Wildman–Crippen MR) is 148 cm³/mol. The summed E-state index contributed by atoms with van der Waals surface area (Å²) in [5, 5.41) is 4.27. The van der Waals surface area contributed by atoms with Crippen LogP contribution in [0.25, 0.3) is 28.4 Å². The first-order valence-electron chi connectivity index (χ1n) is 12.0. The third kappa shape index (κ3) is 5.30. The van der Waals surface area contributed by atoms with E-state index in [1.165, 1.54) is 11.1 Å². The average molecular weight is 492 g/mol. The van der Waals surface area contributed by atoms with E-state index in [0.717, 1.165) is 45.2 Å². The summed E-state index contributed by atoms with van der Waals surface area (Å²) in [5.74, 6) is 1.45. The van der Waals surface area contributed by atoms with Crippen LogP contribution in [0.2, 0.25) is 0 Å². The predicted octanol–water partition coefficient (Wildman–Crippen LogP) is 6.42. The second-order valence-corrected chi connectivity index (χ2v) is 8.73. The molecule has 0 fully saturated rings. The van der Waals surface area contributed by atoms with Crippen LogP contribution < -0.4 is 14.4 Å². The maximum absolute atomic E-state index is 5.57. The Morgan fingerprint density at radius 1 is 0.865 bits per heavy atom. The number of aryl methyl sites for hydroxylation is 1. The summed E-state index contributed by atoms with van der Waals surface area (Å²) in [7, 11) is 5.21. The van der Waals surface area contributed by atoms with Crippen LogP contribution in [0, 0.1) is 0 Å². The van der Waals surface area contributed by atoms with Gasteiger partial charge in [0.25, 0.3) is 0 Å². The molecule has 0 saturated heterocycles. The molecule has 7 nitrogen and oxygen atoms in total. The van der Waals surface area contributed by atoms with Crippen molar-refractivity contribution in [1.82, 2.24) is 19.7 Å². The van der Waals surface area contributed by atoms with Gasteiger partial charge in [0, 0.05) is 54.9 Å². The normalized spacial score (nSPS) is 11.2. The number of anilines is 2. The van der Waals surface area contributed by atoms with Gasteiger partial charge in [0.15, 0.2) is 0 Å². The molecule has 0 radical (unpaired) electrons. The summed E-state index contributed by atoms with van der Waals surface area (Å²) in [6.45, 7) is 2.67. The van der Waals surface area contributed by atoms with E-state index in [1.807, 2.05) is 50.5 Å². The topological polar surface area (TPSA) is 65.3 Å². The second kappa shape index (κ2) is 10.5. The third-order valence-electron chi connectivity index (χ3n) is 6.17. The monoisotopic (exact) mass is 491 g/mol. The van der Waals surface area contributed by atoms with E-state index in [0.29, 0.717) is 6.54 Å². The lowest BCUT2D eigenvalue weighted by Crippen LogP contribution is -2.17. The van der Waals surface area contributed by atoms with Gasteiger partial charge in [-0.05, 0) is 36.2 Å². The summed E-state index contributed by atoms with van der Waals surface area (Å²) in [4.78, 5) is 11.8. The van der Waals surface area contributed by atoms with Gasteiger partial charge in [-0.2, -0.15) is 5.10 Å². The molecule has 0 aliphatic rings. The highest BCUT2D eigenvalue weighted by molar-refractivity contribution is 5.82. The molecule has 0 saturated carbocycles. The van der Waals surface area contributed by atoms with Crippen molar-refractivity contribution in [2.24, 2.45) is 7.05 Å². The lowest BCUT2D eigenvalue weighted by atomic mass is 10.1. The van der Waals surface area contributed by atoms with Crippen molar-refractivity contribution in [2.75, 3.05) is 19.1 Å². The van der Waals surface area contributed by atoms with Crippen LogP contribution in [-0.4, -0.2) is 34.0 Å². The number of nitrogens with zero attached hydrogens (tertiary/aromatic N) is 5. The molecule has 2 heterocycles. The zero-order valence-electron chi connectivity index (χ0n) is 21.4. The molecule has 0 N–H and O–H groups in total. The van der Waals surface area contributed by atoms with Gasteiger partial charge in [-0.15, -0.1) is 0 Å². The Balaban J connectivity index is 1.60. The molecule has 7 heteroatoms. The molecule has 0 bridgehead atoms. The Hall–Kier alpha value is -4.65. The van der Waals surface area contributed by atoms with E-state index in [1.54, 1.807) is 31.3 Å². The Labute approximate surface area is 216 Å². The van der Waals surface area contributed by atoms with Gasteiger partial charge in [0.05, 0.1) is 43.3 Å². The van der Waals surface area contributed by atoms with E-state index >= 15 is 0 Å². The minimum Gasteiger partial charge on any atom is -0.497 e. The molecule has 0 aliphatic carbocycles. The largest absolute Gasteiger partial charge is 0.497 e. The maximum Gasteiger partial charge on any atom is 0.124 e. The molecule has 0 spiro atoms. The lowest BCUT2D eigenvalue weighted by molar-refractivity contribution is 0.394. The van der Waals surface area contributed by atoms with Crippen molar-refractivity contribution in [3.8, 4) is 22.8 Å². The van der Waals surface area contributed by atoms with Crippen LogP contribution in [0.4, 0.5) is 11.4 Å². The minimum atomic E-state index is 0.647. The molecule has 3 aromatic carbocycles. The van der Waals surface area contributed by atoms with Crippen molar-refractivity contribution < 1.29 is 9.47 Å². The Kier molecular flexibility index (Phi) is 6.85. The van der Waals surface area contributed by atoms with Crippen molar-refractivity contribution in [1.29, 1.82) is 0 Å². The van der Waals surface area contributed by atoms with Crippen molar-refractivity contribution in [3.63, 3.8) is 0 Å². The number of benzene rings is 3. The van der Waals surface area contributed by atoms with Gasteiger partial charge in [0.1, 0.15) is 11.5 Å². The highest BCUT2D eigenvalue weighted by atomic mass is 16.5. The third-order valence-corrected chi connectivity index (χ3v) is 6.17. The van der Waals surface area contributed by atoms with E-state index < -0.39 is 0 Å². The summed E-state index contributed by atoms with van der Waals surface area (Å²) in [5.41, 5.74) is 7.62. The quantitative estimate of drug-likeness (QED) is 0.250. The molecule has 0 amide bonds. The first-order valence-corrected chi connectivity index (χ1v) is 12.0. The molecule has 0 aliphatic heterocycles. The van der Waals surface area contributed by atoms with Crippen molar-refractivity contribution >= 4 is 28.5 Å². The van der Waals surface area contributed by atoms with Crippen LogP contribution >= 0.6 is 0 Å². The Morgan fingerprint density at radius 3 is 2.27 bits per heavy atom. The molecule has 37 heavy (non-hydrogen) atoms. The Bertz CT molecular complexity index is 1530. The van der Waals surface area contributed by atoms with Crippen LogP contribution in [-0.2, 0) is 13.6 Å². The fraction of sp³-hybridized carbons (Fsp3) is 0.167. The van der Waals surface area contributed by atoms with E-state index in [2.05, 4.69) is 57.5 Å². The number of ether oxygens (including phenoxy) is 2. The van der Waals surface area contributed by atoms with Crippen LogP contribution in [0.15, 0.2) is 85.3 Å². The second-order valence-electron chi connectivity index (χ2n) is 8.73. The first kappa shape index (κ1) is 24.1. The van der Waals surface area contributed by atoms with Gasteiger partial charge in [-0.1, -0.05) is 36.4 Å². The van der Waals surface area contributed by atoms with Gasteiger partial charge in [-0.3, -0.25) is 9.67 Å². The number of methoxy groups -OCH3 is 2. The van der Waals surface area contributed by atoms with E-state index in [-0.39, 0.29) is 0 Å². The van der Waals surface area contributed by atoms with E-state index in [4.69, 9.17) is 14.5 Å². The number of hydrogen-bond acceptors (Lipinski definition) is 6. The van der Waals surface area contributed by atoms with Crippen LogP contribution in [0.3, 0.4) is 0 Å². The number of rotatable bonds is 8. The summed E-state index contributed by atoms with van der Waals surface area (Å²) >= 11 is 0. The zero-order valence-corrected chi connectivity index (χ0v) is 21.4. The molecular weight excluding hydrogens is 462 g/mol. The highest BCUT2D eigenvalue weighted by Crippen LogP contribution is 2.35. The van der Waals surface area contributed by atoms with Gasteiger partial charge in [0.2, 0.25) is 0 Å². The number of fused-ring (bicyclic) bond motifs is 1. The molecule has 5 aromatic rings. The first-order chi connectivity index (χ1) is 18.1. The molecule has 5 rings (SSSR count). The van der Waals surface area contributed by atoms with Gasteiger partial charge >= 0.3 is 0 Å². The highest BCUT2D eigenvalue weighted by Gasteiger charge is 2.15. The van der Waals surface area contributed by atoms with E-state index in [9.17, 15) is 0 Å². The van der Waals surface area contributed by atoms with Crippen LogP contribution in [0.5, 0.6) is 11.5 Å². The zero-order chi connectivity index (χ0) is 25.8. The minimum absolute atomic E-state index is 0.647. The van der Waals surface area contributed by atoms with Crippen molar-refractivity contribution in [2.45, 2.75) is 13.5 Å². The number of aromatic nitrogens is 4. The molecular formula is C30H29N5O2. The number of allylic oxidation sites excluding steroid dienone is 1. The van der Waals surface area contributed by atoms with Gasteiger partial charge < -0.3 is 14.4 Å². The molecule has 0 atom stereocenters. The summed E-state index contributed by atoms with van der Waals surface area (Å²) in [6, 6.07) is 20.6. The van der Waals surface area contributed by atoms with Gasteiger partial charge in [-0.25, -0.2) is 4.98 Å². The van der Waals surface area contributed by atoms with Crippen molar-refractivity contribution in [3.05, 3.63) is 96.5 Å². The fourth-order valence-electron chi connectivity index (χ4n) is 4.25. The summed E-state index contributed by atoms with van der Waals surface area (Å²) in [6.07, 6.45) is 9.66. The standard InChI is InChI=1S/C30H29N5O2/c1-5-6-21-7-9-22(10-8-21)19-35(25-13-26(36-3)16-27(14-25)37-4)24-11-12-28-29(15-24)33-30(18-31-28)23-17-32-34(2)20-23/h5-18,20H,19H2,1-4H3/b6-5-. The fourth-order valence-corrected chi connectivity index (χ4v) is 4.25.